The average Bonchev–Trinajstić information content (AvgIpc) is 1.99. The molecule has 0 aliphatic rings. The third-order valence-electron chi connectivity index (χ3n) is 1.01. The van der Waals surface area contributed by atoms with Gasteiger partial charge in [0.1, 0.15) is 5.75 Å². The predicted octanol–water partition coefficient (Wildman–Crippen LogP) is 1.56. The predicted molar refractivity (Wildman–Crippen MR) is 47.0 cm³/mol. The number of nitrogens with zero attached hydrogens (tertiary/aromatic N) is 1. The van der Waals surface area contributed by atoms with Gasteiger partial charge in [0.15, 0.2) is 0 Å². The molecule has 2 N–H and O–H groups in total. The molecule has 0 aromatic carbocycles. The van der Waals surface area contributed by atoms with Crippen molar-refractivity contribution in [1.82, 2.24) is 4.98 Å². The van der Waals surface area contributed by atoms with Crippen LogP contribution in [0.1, 0.15) is 5.69 Å². The van der Waals surface area contributed by atoms with Gasteiger partial charge in [-0.05, 0) is 28.9 Å². The van der Waals surface area contributed by atoms with E-state index in [0.717, 1.165) is 10.2 Å². The van der Waals surface area contributed by atoms with Gasteiger partial charge in [-0.15, -0.1) is 0 Å². The van der Waals surface area contributed by atoms with Crippen molar-refractivity contribution in [2.75, 3.05) is 0 Å². The smallest absolute Gasteiger partial charge is 0.290 e. The molecule has 4 nitrogen and oxygen atoms in total. The number of carboxylic acid groups (broad SMARTS) is 1. The fourth-order valence-corrected chi connectivity index (χ4v) is 0.833. The van der Waals surface area contributed by atoms with Crippen molar-refractivity contribution in [3.05, 3.63) is 22.4 Å². The third kappa shape index (κ3) is 3.92. The maximum atomic E-state index is 8.85. The van der Waals surface area contributed by atoms with Crippen molar-refractivity contribution >= 4 is 22.4 Å². The van der Waals surface area contributed by atoms with E-state index in [1.807, 2.05) is 6.92 Å². The summed E-state index contributed by atoms with van der Waals surface area (Å²) in [4.78, 5) is 12.2. The highest BCUT2D eigenvalue weighted by Gasteiger charge is 1.94. The van der Waals surface area contributed by atoms with Crippen molar-refractivity contribution in [2.24, 2.45) is 0 Å². The molecular weight excluding hydrogens is 226 g/mol. The van der Waals surface area contributed by atoms with Gasteiger partial charge in [-0.2, -0.15) is 0 Å². The van der Waals surface area contributed by atoms with E-state index in [4.69, 9.17) is 15.0 Å². The van der Waals surface area contributed by atoms with Crippen molar-refractivity contribution in [3.63, 3.8) is 0 Å². The van der Waals surface area contributed by atoms with Crippen LogP contribution >= 0.6 is 15.9 Å². The summed E-state index contributed by atoms with van der Waals surface area (Å²) < 4.78 is 0.836. The minimum Gasteiger partial charge on any atom is -0.506 e. The molecule has 0 amide bonds. The number of rotatable bonds is 0. The standard InChI is InChI=1S/C6H6BrNO.CH2O2/c1-4-6(7)2-5(9)3-8-4;2-1-3/h2-3,9H,1H3;1H,(H,2,3). The van der Waals surface area contributed by atoms with Crippen LogP contribution < -0.4 is 0 Å². The number of hydrogen-bond donors (Lipinski definition) is 2. The topological polar surface area (TPSA) is 70.4 Å². The van der Waals surface area contributed by atoms with Crippen LogP contribution in [0.25, 0.3) is 0 Å². The molecule has 0 saturated heterocycles. The van der Waals surface area contributed by atoms with Crippen LogP contribution in [-0.2, 0) is 4.79 Å². The lowest BCUT2D eigenvalue weighted by Crippen LogP contribution is -1.79. The van der Waals surface area contributed by atoms with E-state index in [1.54, 1.807) is 6.07 Å². The normalized spacial score (nSPS) is 8.17. The molecule has 1 rings (SSSR count). The number of aromatic hydroxyl groups is 1. The van der Waals surface area contributed by atoms with Gasteiger partial charge in [0.05, 0.1) is 11.9 Å². The molecule has 0 atom stereocenters. The molecule has 1 aromatic rings. The number of aromatic nitrogens is 1. The van der Waals surface area contributed by atoms with Crippen molar-refractivity contribution < 1.29 is 15.0 Å². The Hall–Kier alpha value is -1.10. The van der Waals surface area contributed by atoms with E-state index in [-0.39, 0.29) is 12.2 Å². The largest absolute Gasteiger partial charge is 0.506 e. The van der Waals surface area contributed by atoms with E-state index < -0.39 is 0 Å². The molecule has 0 aliphatic carbocycles. The summed E-state index contributed by atoms with van der Waals surface area (Å²) in [6.07, 6.45) is 1.42. The molecule has 1 heterocycles. The fourth-order valence-electron chi connectivity index (χ4n) is 0.496. The highest BCUT2D eigenvalue weighted by molar-refractivity contribution is 9.10. The van der Waals surface area contributed by atoms with E-state index >= 15 is 0 Å². The second kappa shape index (κ2) is 5.54. The van der Waals surface area contributed by atoms with E-state index in [1.165, 1.54) is 6.20 Å². The van der Waals surface area contributed by atoms with Gasteiger partial charge in [-0.3, -0.25) is 9.78 Å². The first-order chi connectivity index (χ1) is 5.61. The van der Waals surface area contributed by atoms with Gasteiger partial charge < -0.3 is 10.2 Å². The number of hydrogen-bond acceptors (Lipinski definition) is 3. The second-order valence-electron chi connectivity index (χ2n) is 1.87. The van der Waals surface area contributed by atoms with Crippen LogP contribution in [0.4, 0.5) is 0 Å². The summed E-state index contributed by atoms with van der Waals surface area (Å²) in [5, 5.41) is 15.7. The van der Waals surface area contributed by atoms with Crippen LogP contribution in [0.15, 0.2) is 16.7 Å². The lowest BCUT2D eigenvalue weighted by molar-refractivity contribution is -0.122. The van der Waals surface area contributed by atoms with Gasteiger partial charge >= 0.3 is 0 Å². The summed E-state index contributed by atoms with van der Waals surface area (Å²) in [7, 11) is 0. The Labute approximate surface area is 78.0 Å². The first kappa shape index (κ1) is 10.9. The zero-order valence-corrected chi connectivity index (χ0v) is 7.95. The number of halogens is 1. The van der Waals surface area contributed by atoms with Gasteiger partial charge in [0.25, 0.3) is 6.47 Å². The van der Waals surface area contributed by atoms with Crippen LogP contribution in [0.5, 0.6) is 5.75 Å². The van der Waals surface area contributed by atoms with Crippen LogP contribution in [0, 0.1) is 6.92 Å². The minimum absolute atomic E-state index is 0.187. The van der Waals surface area contributed by atoms with Crippen LogP contribution in [0.3, 0.4) is 0 Å². The minimum atomic E-state index is -0.250. The Bertz CT molecular complexity index is 265. The number of aryl methyl sites for hydroxylation is 1. The monoisotopic (exact) mass is 233 g/mol. The Morgan fingerprint density at radius 3 is 2.50 bits per heavy atom. The maximum absolute atomic E-state index is 8.85. The second-order valence-corrected chi connectivity index (χ2v) is 2.72. The van der Waals surface area contributed by atoms with Crippen molar-refractivity contribution in [3.8, 4) is 5.75 Å². The van der Waals surface area contributed by atoms with Crippen LogP contribution in [-0.4, -0.2) is 21.7 Å². The fraction of sp³-hybridized carbons (Fsp3) is 0.143. The molecule has 0 radical (unpaired) electrons. The van der Waals surface area contributed by atoms with Gasteiger partial charge in [-0.25, -0.2) is 0 Å². The SMILES string of the molecule is Cc1ncc(O)cc1Br.O=CO. The summed E-state index contributed by atoms with van der Waals surface area (Å²) in [5.74, 6) is 0.187. The molecule has 1 aromatic heterocycles. The maximum Gasteiger partial charge on any atom is 0.290 e. The molecule has 5 heteroatoms. The summed E-state index contributed by atoms with van der Waals surface area (Å²) in [5.41, 5.74) is 0.882. The molecule has 66 valence electrons. The highest BCUT2D eigenvalue weighted by atomic mass is 79.9. The molecule has 0 spiro atoms. The summed E-state index contributed by atoms with van der Waals surface area (Å²) in [6.45, 7) is 1.61. The molecule has 0 aliphatic heterocycles. The molecule has 0 fully saturated rings. The lowest BCUT2D eigenvalue weighted by atomic mass is 10.4. The Morgan fingerprint density at radius 2 is 2.17 bits per heavy atom. The quantitative estimate of drug-likeness (QED) is 0.668. The lowest BCUT2D eigenvalue weighted by Gasteiger charge is -1.94. The number of pyridine rings is 1. The first-order valence-electron chi connectivity index (χ1n) is 3.00. The molecule has 0 saturated carbocycles. The molecular formula is C7H8BrNO3. The first-order valence-corrected chi connectivity index (χ1v) is 3.80. The van der Waals surface area contributed by atoms with E-state index in [9.17, 15) is 0 Å². The number of carbonyl (C=O) groups is 1. The zero-order valence-electron chi connectivity index (χ0n) is 6.36. The Kier molecular flexibility index (Phi) is 5.03. The van der Waals surface area contributed by atoms with Gasteiger partial charge in [0.2, 0.25) is 0 Å². The third-order valence-corrected chi connectivity index (χ3v) is 1.81. The van der Waals surface area contributed by atoms with E-state index in [2.05, 4.69) is 20.9 Å². The van der Waals surface area contributed by atoms with Gasteiger partial charge in [-0.1, -0.05) is 0 Å². The van der Waals surface area contributed by atoms with E-state index in [0.29, 0.717) is 0 Å². The molecule has 0 bridgehead atoms. The highest BCUT2D eigenvalue weighted by Crippen LogP contribution is 2.17. The summed E-state index contributed by atoms with van der Waals surface area (Å²) in [6, 6.07) is 1.61. The zero-order chi connectivity index (χ0) is 9.56. The van der Waals surface area contributed by atoms with Crippen molar-refractivity contribution in [2.45, 2.75) is 6.92 Å². The molecule has 0 unspecified atom stereocenters. The van der Waals surface area contributed by atoms with Crippen molar-refractivity contribution in [1.29, 1.82) is 0 Å². The Balaban J connectivity index is 0.000000354. The van der Waals surface area contributed by atoms with Gasteiger partial charge in [0, 0.05) is 4.47 Å². The molecule has 12 heavy (non-hydrogen) atoms. The van der Waals surface area contributed by atoms with Crippen LogP contribution in [0.2, 0.25) is 0 Å². The average molecular weight is 234 g/mol. The Morgan fingerprint density at radius 1 is 1.67 bits per heavy atom. The summed E-state index contributed by atoms with van der Waals surface area (Å²) >= 11 is 3.22.